The highest BCUT2D eigenvalue weighted by Crippen LogP contribution is 2.24. The summed E-state index contributed by atoms with van der Waals surface area (Å²) in [4.78, 5) is 18.5. The minimum Gasteiger partial charge on any atom is -0.343 e. The van der Waals surface area contributed by atoms with E-state index in [-0.39, 0.29) is 5.91 Å². The molecule has 0 saturated heterocycles. The van der Waals surface area contributed by atoms with Crippen molar-refractivity contribution < 1.29 is 4.79 Å². The number of hydrogen-bond acceptors (Lipinski definition) is 3. The van der Waals surface area contributed by atoms with Crippen LogP contribution < -0.4 is 0 Å². The maximum Gasteiger partial charge on any atom is 0.233 e. The molecule has 2 aromatic rings. The van der Waals surface area contributed by atoms with E-state index in [0.717, 1.165) is 35.8 Å². The fourth-order valence-electron chi connectivity index (χ4n) is 2.26. The molecule has 0 unspecified atom stereocenters. The van der Waals surface area contributed by atoms with Crippen molar-refractivity contribution in [3.05, 3.63) is 24.3 Å². The van der Waals surface area contributed by atoms with Crippen molar-refractivity contribution in [3.63, 3.8) is 0 Å². The number of rotatable bonds is 6. The maximum absolute atomic E-state index is 12.1. The van der Waals surface area contributed by atoms with Gasteiger partial charge in [-0.2, -0.15) is 0 Å². The van der Waals surface area contributed by atoms with Gasteiger partial charge >= 0.3 is 0 Å². The fraction of sp³-hybridized carbons (Fsp3) is 0.467. The summed E-state index contributed by atoms with van der Waals surface area (Å²) in [6, 6.07) is 8.09. The van der Waals surface area contributed by atoms with E-state index >= 15 is 0 Å². The molecule has 0 aliphatic heterocycles. The zero-order valence-electron chi connectivity index (χ0n) is 12.3. The van der Waals surface area contributed by atoms with Gasteiger partial charge < -0.3 is 9.47 Å². The highest BCUT2D eigenvalue weighted by atomic mass is 32.2. The Morgan fingerprint density at radius 1 is 1.25 bits per heavy atom. The maximum atomic E-state index is 12.1. The molecule has 0 N–H and O–H groups in total. The third-order valence-electron chi connectivity index (χ3n) is 3.38. The molecule has 0 radical (unpaired) electrons. The Kier molecular flexibility index (Phi) is 5.06. The molecule has 0 bridgehead atoms. The van der Waals surface area contributed by atoms with Crippen LogP contribution in [0.15, 0.2) is 29.4 Å². The number of fused-ring (bicyclic) bond motifs is 1. The van der Waals surface area contributed by atoms with Gasteiger partial charge in [0.25, 0.3) is 0 Å². The Balaban J connectivity index is 2.15. The monoisotopic (exact) mass is 291 g/mol. The van der Waals surface area contributed by atoms with Gasteiger partial charge in [-0.15, -0.1) is 0 Å². The van der Waals surface area contributed by atoms with Gasteiger partial charge in [-0.3, -0.25) is 4.79 Å². The van der Waals surface area contributed by atoms with Crippen LogP contribution in [0.25, 0.3) is 11.0 Å². The van der Waals surface area contributed by atoms with Crippen LogP contribution in [0.2, 0.25) is 0 Å². The summed E-state index contributed by atoms with van der Waals surface area (Å²) in [7, 11) is 0. The molecule has 0 aliphatic carbocycles. The molecule has 2 rings (SSSR count). The van der Waals surface area contributed by atoms with E-state index in [1.54, 1.807) is 0 Å². The van der Waals surface area contributed by atoms with Crippen LogP contribution >= 0.6 is 11.8 Å². The summed E-state index contributed by atoms with van der Waals surface area (Å²) in [6.45, 7) is 8.51. The average molecular weight is 291 g/mol. The van der Waals surface area contributed by atoms with E-state index in [1.165, 1.54) is 11.8 Å². The highest BCUT2D eigenvalue weighted by Gasteiger charge is 2.14. The van der Waals surface area contributed by atoms with Gasteiger partial charge in [0.2, 0.25) is 5.91 Å². The summed E-state index contributed by atoms with van der Waals surface area (Å²) in [5.41, 5.74) is 2.12. The predicted octanol–water partition coefficient (Wildman–Crippen LogP) is 3.02. The van der Waals surface area contributed by atoms with Gasteiger partial charge in [0.1, 0.15) is 0 Å². The molecule has 1 heterocycles. The number of aryl methyl sites for hydroxylation is 1. The van der Waals surface area contributed by atoms with Crippen LogP contribution in [0.3, 0.4) is 0 Å². The highest BCUT2D eigenvalue weighted by molar-refractivity contribution is 7.99. The van der Waals surface area contributed by atoms with Crippen LogP contribution in [0.1, 0.15) is 20.8 Å². The second kappa shape index (κ2) is 6.79. The van der Waals surface area contributed by atoms with Gasteiger partial charge in [-0.1, -0.05) is 23.9 Å². The summed E-state index contributed by atoms with van der Waals surface area (Å²) >= 11 is 1.53. The van der Waals surface area contributed by atoms with E-state index < -0.39 is 0 Å². The number of aromatic nitrogens is 2. The molecule has 0 atom stereocenters. The van der Waals surface area contributed by atoms with Gasteiger partial charge in [0.05, 0.1) is 16.8 Å². The predicted molar refractivity (Wildman–Crippen MR) is 84.1 cm³/mol. The fourth-order valence-corrected chi connectivity index (χ4v) is 3.24. The summed E-state index contributed by atoms with van der Waals surface area (Å²) in [5, 5.41) is 0.925. The van der Waals surface area contributed by atoms with Gasteiger partial charge in [0.15, 0.2) is 5.16 Å². The molecule has 1 aromatic heterocycles. The van der Waals surface area contributed by atoms with E-state index in [9.17, 15) is 4.79 Å². The smallest absolute Gasteiger partial charge is 0.233 e. The summed E-state index contributed by atoms with van der Waals surface area (Å²) < 4.78 is 2.16. The molecule has 5 heteroatoms. The molecule has 0 saturated carbocycles. The largest absolute Gasteiger partial charge is 0.343 e. The van der Waals surface area contributed by atoms with Crippen LogP contribution in [0, 0.1) is 0 Å². The van der Waals surface area contributed by atoms with Crippen molar-refractivity contribution in [2.24, 2.45) is 0 Å². The quantitative estimate of drug-likeness (QED) is 0.768. The normalized spacial score (nSPS) is 10.9. The van der Waals surface area contributed by atoms with E-state index in [2.05, 4.69) is 22.5 Å². The second-order valence-corrected chi connectivity index (χ2v) is 5.42. The first-order chi connectivity index (χ1) is 9.71. The Labute approximate surface area is 124 Å². The van der Waals surface area contributed by atoms with Crippen molar-refractivity contribution in [3.8, 4) is 0 Å². The summed E-state index contributed by atoms with van der Waals surface area (Å²) in [6.07, 6.45) is 0. The number of carbonyl (C=O) groups is 1. The molecule has 108 valence electrons. The Hall–Kier alpha value is -1.49. The SMILES string of the molecule is CCN(CC)C(=O)CSc1nc2ccccc2n1CC. The average Bonchev–Trinajstić information content (AvgIpc) is 2.83. The van der Waals surface area contributed by atoms with Crippen molar-refractivity contribution in [2.75, 3.05) is 18.8 Å². The zero-order chi connectivity index (χ0) is 14.5. The minimum atomic E-state index is 0.176. The Morgan fingerprint density at radius 2 is 1.95 bits per heavy atom. The number of carbonyl (C=O) groups excluding carboxylic acids is 1. The van der Waals surface area contributed by atoms with Crippen LogP contribution in [-0.2, 0) is 11.3 Å². The number of nitrogens with zero attached hydrogens (tertiary/aromatic N) is 3. The second-order valence-electron chi connectivity index (χ2n) is 4.48. The van der Waals surface area contributed by atoms with Crippen LogP contribution in [0.4, 0.5) is 0 Å². The lowest BCUT2D eigenvalue weighted by molar-refractivity contribution is -0.127. The van der Waals surface area contributed by atoms with Crippen LogP contribution in [0.5, 0.6) is 0 Å². The molecule has 20 heavy (non-hydrogen) atoms. The van der Waals surface area contributed by atoms with Gasteiger partial charge in [0, 0.05) is 19.6 Å². The van der Waals surface area contributed by atoms with Crippen molar-refractivity contribution >= 4 is 28.7 Å². The Bertz CT molecular complexity index is 590. The zero-order valence-corrected chi connectivity index (χ0v) is 13.1. The number of thioether (sulfide) groups is 1. The molecule has 0 aliphatic rings. The number of hydrogen-bond donors (Lipinski definition) is 0. The molecular formula is C15H21N3OS. The third-order valence-corrected chi connectivity index (χ3v) is 4.34. The molecule has 1 aromatic carbocycles. The molecule has 0 spiro atoms. The van der Waals surface area contributed by atoms with E-state index in [1.807, 2.05) is 36.9 Å². The molecule has 0 fully saturated rings. The van der Waals surface area contributed by atoms with Crippen molar-refractivity contribution in [1.29, 1.82) is 0 Å². The number of imidazole rings is 1. The number of para-hydroxylation sites is 2. The first-order valence-corrected chi connectivity index (χ1v) is 8.05. The van der Waals surface area contributed by atoms with Crippen molar-refractivity contribution in [2.45, 2.75) is 32.5 Å². The number of benzene rings is 1. The van der Waals surface area contributed by atoms with Crippen LogP contribution in [-0.4, -0.2) is 39.2 Å². The topological polar surface area (TPSA) is 38.1 Å². The molecule has 4 nitrogen and oxygen atoms in total. The third kappa shape index (κ3) is 2.98. The Morgan fingerprint density at radius 3 is 2.60 bits per heavy atom. The molecular weight excluding hydrogens is 270 g/mol. The first-order valence-electron chi connectivity index (χ1n) is 7.07. The minimum absolute atomic E-state index is 0.176. The summed E-state index contributed by atoms with van der Waals surface area (Å²) in [5.74, 6) is 0.625. The number of amides is 1. The molecule has 1 amide bonds. The van der Waals surface area contributed by atoms with Gasteiger partial charge in [-0.25, -0.2) is 4.98 Å². The first kappa shape index (κ1) is 14.9. The van der Waals surface area contributed by atoms with Crippen molar-refractivity contribution in [1.82, 2.24) is 14.5 Å². The van der Waals surface area contributed by atoms with E-state index in [0.29, 0.717) is 5.75 Å². The standard InChI is InChI=1S/C15H21N3OS/c1-4-17(5-2)14(19)11-20-15-16-12-9-7-8-10-13(12)18(15)6-3/h7-10H,4-6,11H2,1-3H3. The van der Waals surface area contributed by atoms with E-state index in [4.69, 9.17) is 0 Å². The lowest BCUT2D eigenvalue weighted by Crippen LogP contribution is -2.31. The van der Waals surface area contributed by atoms with Gasteiger partial charge in [-0.05, 0) is 32.9 Å². The lowest BCUT2D eigenvalue weighted by atomic mass is 10.3. The lowest BCUT2D eigenvalue weighted by Gasteiger charge is -2.18.